The lowest BCUT2D eigenvalue weighted by Gasteiger charge is -2.28. The molecule has 0 radical (unpaired) electrons. The van der Waals surface area contributed by atoms with Crippen molar-refractivity contribution in [2.75, 3.05) is 14.1 Å². The van der Waals surface area contributed by atoms with Crippen LogP contribution in [0.1, 0.15) is 26.2 Å². The first kappa shape index (κ1) is 9.52. The molecule has 1 N–H and O–H groups in total. The van der Waals surface area contributed by atoms with Gasteiger partial charge in [0.15, 0.2) is 0 Å². The van der Waals surface area contributed by atoms with Crippen LogP contribution in [0.15, 0.2) is 0 Å². The molecule has 0 saturated heterocycles. The Bertz CT molecular complexity index is 185. The van der Waals surface area contributed by atoms with Crippen molar-refractivity contribution in [2.24, 2.45) is 5.41 Å². The maximum absolute atomic E-state index is 11.0. The van der Waals surface area contributed by atoms with E-state index in [0.717, 1.165) is 19.3 Å². The second-order valence-electron chi connectivity index (χ2n) is 3.85. The number of rotatable bonds is 4. The number of hydrogen-bond acceptors (Lipinski definition) is 2. The highest BCUT2D eigenvalue weighted by atomic mass is 16.4. The zero-order chi connectivity index (χ0) is 9.35. The summed E-state index contributed by atoms with van der Waals surface area (Å²) in [6, 6.07) is 0.204. The molecule has 1 unspecified atom stereocenters. The summed E-state index contributed by atoms with van der Waals surface area (Å²) in [7, 11) is 3.91. The largest absolute Gasteiger partial charge is 0.481 e. The third-order valence-corrected chi connectivity index (χ3v) is 2.86. The summed E-state index contributed by atoms with van der Waals surface area (Å²) >= 11 is 0. The predicted octanol–water partition coefficient (Wildman–Crippen LogP) is 1.19. The zero-order valence-electron chi connectivity index (χ0n) is 8.00. The van der Waals surface area contributed by atoms with Crippen molar-refractivity contribution >= 4 is 5.97 Å². The molecule has 0 aromatic carbocycles. The fourth-order valence-corrected chi connectivity index (χ4v) is 2.07. The van der Waals surface area contributed by atoms with Gasteiger partial charge in [-0.25, -0.2) is 0 Å². The highest BCUT2D eigenvalue weighted by Gasteiger charge is 2.56. The third-order valence-electron chi connectivity index (χ3n) is 2.86. The molecule has 1 fully saturated rings. The van der Waals surface area contributed by atoms with E-state index in [9.17, 15) is 4.79 Å². The van der Waals surface area contributed by atoms with Crippen LogP contribution in [-0.4, -0.2) is 36.1 Å². The fourth-order valence-electron chi connectivity index (χ4n) is 2.07. The molecular weight excluding hydrogens is 154 g/mol. The topological polar surface area (TPSA) is 40.5 Å². The van der Waals surface area contributed by atoms with E-state index in [0.29, 0.717) is 0 Å². The van der Waals surface area contributed by atoms with Crippen LogP contribution in [0.2, 0.25) is 0 Å². The van der Waals surface area contributed by atoms with Crippen LogP contribution in [-0.2, 0) is 4.79 Å². The van der Waals surface area contributed by atoms with Gasteiger partial charge in [-0.2, -0.15) is 0 Å². The van der Waals surface area contributed by atoms with Gasteiger partial charge in [0.2, 0.25) is 0 Å². The van der Waals surface area contributed by atoms with Crippen LogP contribution >= 0.6 is 0 Å². The Morgan fingerprint density at radius 3 is 2.17 bits per heavy atom. The summed E-state index contributed by atoms with van der Waals surface area (Å²) < 4.78 is 0. The van der Waals surface area contributed by atoms with E-state index in [1.807, 2.05) is 25.9 Å². The van der Waals surface area contributed by atoms with Crippen molar-refractivity contribution in [3.63, 3.8) is 0 Å². The second kappa shape index (κ2) is 3.05. The van der Waals surface area contributed by atoms with E-state index in [-0.39, 0.29) is 6.04 Å². The van der Waals surface area contributed by atoms with E-state index in [1.54, 1.807) is 0 Å². The van der Waals surface area contributed by atoms with E-state index in [2.05, 4.69) is 0 Å². The van der Waals surface area contributed by atoms with Gasteiger partial charge in [-0.05, 0) is 33.4 Å². The molecule has 1 rings (SSSR count). The maximum Gasteiger partial charge on any atom is 0.311 e. The minimum atomic E-state index is -0.622. The van der Waals surface area contributed by atoms with Gasteiger partial charge in [0.05, 0.1) is 5.41 Å². The molecule has 1 aliphatic rings. The minimum absolute atomic E-state index is 0.204. The lowest BCUT2D eigenvalue weighted by atomic mass is 9.93. The molecule has 0 aromatic rings. The summed E-state index contributed by atoms with van der Waals surface area (Å²) in [4.78, 5) is 13.0. The first-order valence-electron chi connectivity index (χ1n) is 4.44. The monoisotopic (exact) mass is 171 g/mol. The van der Waals surface area contributed by atoms with Crippen LogP contribution in [0.4, 0.5) is 0 Å². The molecule has 1 atom stereocenters. The Balaban J connectivity index is 2.71. The van der Waals surface area contributed by atoms with E-state index < -0.39 is 11.4 Å². The predicted molar refractivity (Wildman–Crippen MR) is 47.1 cm³/mol. The van der Waals surface area contributed by atoms with Gasteiger partial charge in [-0.3, -0.25) is 4.79 Å². The van der Waals surface area contributed by atoms with Crippen molar-refractivity contribution in [1.82, 2.24) is 4.90 Å². The first-order valence-corrected chi connectivity index (χ1v) is 4.44. The number of hydrogen-bond donors (Lipinski definition) is 1. The molecule has 0 aromatic heterocycles. The minimum Gasteiger partial charge on any atom is -0.481 e. The third kappa shape index (κ3) is 1.33. The molecule has 12 heavy (non-hydrogen) atoms. The fraction of sp³-hybridized carbons (Fsp3) is 0.889. The highest BCUT2D eigenvalue weighted by molar-refractivity contribution is 5.78. The molecule has 3 nitrogen and oxygen atoms in total. The van der Waals surface area contributed by atoms with Crippen LogP contribution in [0.5, 0.6) is 0 Å². The SMILES string of the molecule is CCC(N(C)C)C1(C(=O)O)CC1. The van der Waals surface area contributed by atoms with E-state index in [4.69, 9.17) is 5.11 Å². The van der Waals surface area contributed by atoms with Crippen molar-refractivity contribution in [3.8, 4) is 0 Å². The van der Waals surface area contributed by atoms with Gasteiger partial charge in [0.25, 0.3) is 0 Å². The number of aliphatic carboxylic acids is 1. The highest BCUT2D eigenvalue weighted by Crippen LogP contribution is 2.51. The van der Waals surface area contributed by atoms with Crippen molar-refractivity contribution in [3.05, 3.63) is 0 Å². The number of carboxylic acids is 1. The smallest absolute Gasteiger partial charge is 0.311 e. The molecular formula is C9H17NO2. The van der Waals surface area contributed by atoms with E-state index >= 15 is 0 Å². The Labute approximate surface area is 73.4 Å². The average molecular weight is 171 g/mol. The summed E-state index contributed by atoms with van der Waals surface area (Å²) in [5, 5.41) is 9.03. The van der Waals surface area contributed by atoms with Gasteiger partial charge < -0.3 is 10.0 Å². The van der Waals surface area contributed by atoms with Gasteiger partial charge in [0.1, 0.15) is 0 Å². The average Bonchev–Trinajstić information content (AvgIpc) is 2.69. The van der Waals surface area contributed by atoms with Crippen molar-refractivity contribution in [2.45, 2.75) is 32.2 Å². The molecule has 0 heterocycles. The molecule has 0 bridgehead atoms. The lowest BCUT2D eigenvalue weighted by Crippen LogP contribution is -2.40. The maximum atomic E-state index is 11.0. The first-order chi connectivity index (χ1) is 5.54. The number of carboxylic acid groups (broad SMARTS) is 1. The van der Waals surface area contributed by atoms with Gasteiger partial charge in [0, 0.05) is 6.04 Å². The Morgan fingerprint density at radius 2 is 2.08 bits per heavy atom. The van der Waals surface area contributed by atoms with Crippen molar-refractivity contribution < 1.29 is 9.90 Å². The summed E-state index contributed by atoms with van der Waals surface area (Å²) in [5.74, 6) is -0.622. The molecule has 70 valence electrons. The second-order valence-corrected chi connectivity index (χ2v) is 3.85. The van der Waals surface area contributed by atoms with Crippen LogP contribution in [0, 0.1) is 5.41 Å². The van der Waals surface area contributed by atoms with Gasteiger partial charge in [-0.15, -0.1) is 0 Å². The lowest BCUT2D eigenvalue weighted by molar-refractivity contribution is -0.146. The van der Waals surface area contributed by atoms with Crippen molar-refractivity contribution in [1.29, 1.82) is 0 Å². The molecule has 3 heteroatoms. The number of carbonyl (C=O) groups is 1. The van der Waals surface area contributed by atoms with Crippen LogP contribution in [0.3, 0.4) is 0 Å². The Morgan fingerprint density at radius 1 is 1.58 bits per heavy atom. The number of nitrogens with zero attached hydrogens (tertiary/aromatic N) is 1. The molecule has 0 aliphatic heterocycles. The normalized spacial score (nSPS) is 22.3. The summed E-state index contributed by atoms with van der Waals surface area (Å²) in [6.45, 7) is 2.05. The Hall–Kier alpha value is -0.570. The molecule has 0 amide bonds. The quantitative estimate of drug-likeness (QED) is 0.690. The molecule has 0 spiro atoms. The van der Waals surface area contributed by atoms with Crippen LogP contribution in [0.25, 0.3) is 0 Å². The van der Waals surface area contributed by atoms with Crippen LogP contribution < -0.4 is 0 Å². The Kier molecular flexibility index (Phi) is 2.42. The summed E-state index contributed by atoms with van der Waals surface area (Å²) in [5.41, 5.74) is -0.418. The molecule has 1 saturated carbocycles. The summed E-state index contributed by atoms with van der Waals surface area (Å²) in [6.07, 6.45) is 2.61. The van der Waals surface area contributed by atoms with Gasteiger partial charge in [-0.1, -0.05) is 6.92 Å². The van der Waals surface area contributed by atoms with E-state index in [1.165, 1.54) is 0 Å². The zero-order valence-corrected chi connectivity index (χ0v) is 8.00. The van der Waals surface area contributed by atoms with Gasteiger partial charge >= 0.3 is 5.97 Å². The molecule has 1 aliphatic carbocycles. The standard InChI is InChI=1S/C9H17NO2/c1-4-7(10(2)3)9(5-6-9)8(11)12/h7H,4-6H2,1-3H3,(H,11,12).